The molecule has 0 atom stereocenters. The molecule has 0 saturated carbocycles. The molecule has 1 fully saturated rings. The zero-order valence-corrected chi connectivity index (χ0v) is 17.9. The predicted molar refractivity (Wildman–Crippen MR) is 105 cm³/mol. The number of carbonyl (C=O) groups excluding carboxylic acids is 1. The Hall–Kier alpha value is -0.610. The van der Waals surface area contributed by atoms with E-state index in [0.29, 0.717) is 12.3 Å². The monoisotopic (exact) mass is 344 g/mol. The van der Waals surface area contributed by atoms with Gasteiger partial charge < -0.3 is 15.0 Å². The van der Waals surface area contributed by atoms with Crippen molar-refractivity contribution in [2.45, 2.75) is 80.8 Å². The molecule has 1 heterocycles. The summed E-state index contributed by atoms with van der Waals surface area (Å²) in [4.78, 5) is 13.0. The van der Waals surface area contributed by atoms with E-state index in [-0.39, 0.29) is 11.5 Å². The Bertz CT molecular complexity index is 296. The third kappa shape index (κ3) is 12.8. The summed E-state index contributed by atoms with van der Waals surface area (Å²) < 4.78 is 5.80. The van der Waals surface area contributed by atoms with E-state index in [1.54, 1.807) is 0 Å². The molecule has 24 heavy (non-hydrogen) atoms. The van der Waals surface area contributed by atoms with Gasteiger partial charge in [-0.2, -0.15) is 0 Å². The van der Waals surface area contributed by atoms with Crippen LogP contribution in [0.4, 0.5) is 0 Å². The van der Waals surface area contributed by atoms with Gasteiger partial charge in [0.2, 0.25) is 5.91 Å². The zero-order chi connectivity index (χ0) is 19.2. The molecule has 4 heteroatoms. The fourth-order valence-corrected chi connectivity index (χ4v) is 1.86. The molecular formula is C20H44N2O2. The topological polar surface area (TPSA) is 41.6 Å². The summed E-state index contributed by atoms with van der Waals surface area (Å²) >= 11 is 0. The van der Waals surface area contributed by atoms with Gasteiger partial charge in [-0.1, -0.05) is 48.5 Å². The Morgan fingerprint density at radius 1 is 1.12 bits per heavy atom. The van der Waals surface area contributed by atoms with Crippen LogP contribution in [0.2, 0.25) is 0 Å². The average Bonchev–Trinajstić information content (AvgIpc) is 2.56. The first-order valence-electron chi connectivity index (χ1n) is 9.83. The number of nitrogens with zero attached hydrogens (tertiary/aromatic N) is 1. The quantitative estimate of drug-likeness (QED) is 0.779. The summed E-state index contributed by atoms with van der Waals surface area (Å²) in [5, 5.41) is 3.20. The molecule has 1 saturated heterocycles. The van der Waals surface area contributed by atoms with Crippen LogP contribution in [0.15, 0.2) is 0 Å². The minimum Gasteiger partial charge on any atom is -0.375 e. The number of nitrogens with one attached hydrogen (secondary N) is 1. The lowest BCUT2D eigenvalue weighted by Crippen LogP contribution is -2.46. The maximum absolute atomic E-state index is 11.1. The molecule has 0 aromatic carbocycles. The van der Waals surface area contributed by atoms with Crippen molar-refractivity contribution in [2.24, 2.45) is 11.8 Å². The lowest BCUT2D eigenvalue weighted by molar-refractivity contribution is -0.131. The Morgan fingerprint density at radius 3 is 2.00 bits per heavy atom. The van der Waals surface area contributed by atoms with Crippen LogP contribution in [0.25, 0.3) is 0 Å². The molecule has 4 nitrogen and oxygen atoms in total. The molecule has 0 bridgehead atoms. The predicted octanol–water partition coefficient (Wildman–Crippen LogP) is 4.34. The SMILES string of the molecule is CC.CC(C)CCOC(C)(C)C(C)C.CCC(=O)N1CCNCC1. The van der Waals surface area contributed by atoms with E-state index in [9.17, 15) is 4.79 Å². The normalized spacial score (nSPS) is 14.7. The standard InChI is InChI=1S/C11H24O.C7H14N2O.C2H6/c1-9(2)7-8-12-11(5,6)10(3)4;1-2-7(10)9-5-3-8-4-6-9;1-2/h9-10H,7-8H2,1-6H3;8H,2-6H2,1H3;1-2H3. The van der Waals surface area contributed by atoms with E-state index in [1.807, 2.05) is 25.7 Å². The number of rotatable bonds is 6. The maximum Gasteiger partial charge on any atom is 0.222 e. The van der Waals surface area contributed by atoms with Crippen LogP contribution in [0.1, 0.15) is 75.2 Å². The summed E-state index contributed by atoms with van der Waals surface area (Å²) in [5.74, 6) is 1.61. The van der Waals surface area contributed by atoms with Gasteiger partial charge in [0.15, 0.2) is 0 Å². The average molecular weight is 345 g/mol. The lowest BCUT2D eigenvalue weighted by Gasteiger charge is -2.29. The number of carbonyl (C=O) groups is 1. The first-order valence-corrected chi connectivity index (χ1v) is 9.83. The molecule has 0 unspecified atom stereocenters. The van der Waals surface area contributed by atoms with E-state index >= 15 is 0 Å². The van der Waals surface area contributed by atoms with Crippen molar-refractivity contribution in [3.63, 3.8) is 0 Å². The van der Waals surface area contributed by atoms with Crippen molar-refractivity contribution >= 4 is 5.91 Å². The lowest BCUT2D eigenvalue weighted by atomic mass is 9.94. The highest BCUT2D eigenvalue weighted by Gasteiger charge is 2.22. The molecule has 0 radical (unpaired) electrons. The van der Waals surface area contributed by atoms with Crippen molar-refractivity contribution in [2.75, 3.05) is 32.8 Å². The molecule has 0 spiro atoms. The molecule has 1 amide bonds. The van der Waals surface area contributed by atoms with Gasteiger partial charge in [0.25, 0.3) is 0 Å². The second kappa shape index (κ2) is 14.7. The van der Waals surface area contributed by atoms with Gasteiger partial charge in [0.05, 0.1) is 5.60 Å². The number of amides is 1. The molecule has 0 aliphatic carbocycles. The highest BCUT2D eigenvalue weighted by atomic mass is 16.5. The number of ether oxygens (including phenoxy) is 1. The second-order valence-electron chi connectivity index (χ2n) is 7.27. The van der Waals surface area contributed by atoms with Gasteiger partial charge in [-0.05, 0) is 32.1 Å². The smallest absolute Gasteiger partial charge is 0.222 e. The molecule has 0 aromatic rings. The van der Waals surface area contributed by atoms with E-state index in [2.05, 4.69) is 46.9 Å². The van der Waals surface area contributed by atoms with Crippen molar-refractivity contribution in [3.05, 3.63) is 0 Å². The van der Waals surface area contributed by atoms with Gasteiger partial charge in [0.1, 0.15) is 0 Å². The molecule has 1 aliphatic rings. The van der Waals surface area contributed by atoms with Crippen molar-refractivity contribution < 1.29 is 9.53 Å². The van der Waals surface area contributed by atoms with Crippen LogP contribution in [0.5, 0.6) is 0 Å². The van der Waals surface area contributed by atoms with Crippen LogP contribution in [-0.2, 0) is 9.53 Å². The zero-order valence-electron chi connectivity index (χ0n) is 17.9. The highest BCUT2D eigenvalue weighted by molar-refractivity contribution is 5.75. The van der Waals surface area contributed by atoms with Crippen LogP contribution in [0.3, 0.4) is 0 Å². The van der Waals surface area contributed by atoms with Crippen LogP contribution < -0.4 is 5.32 Å². The van der Waals surface area contributed by atoms with Gasteiger partial charge in [-0.3, -0.25) is 4.79 Å². The van der Waals surface area contributed by atoms with Gasteiger partial charge >= 0.3 is 0 Å². The molecule has 1 N–H and O–H groups in total. The number of hydrogen-bond acceptors (Lipinski definition) is 3. The molecule has 0 aromatic heterocycles. The summed E-state index contributed by atoms with van der Waals surface area (Å²) in [7, 11) is 0. The molecular weight excluding hydrogens is 300 g/mol. The Kier molecular flexibility index (Phi) is 15.7. The fraction of sp³-hybridized carbons (Fsp3) is 0.950. The Balaban J connectivity index is 0. The maximum atomic E-state index is 11.1. The summed E-state index contributed by atoms with van der Waals surface area (Å²) in [6.07, 6.45) is 1.80. The first kappa shape index (κ1) is 25.6. The van der Waals surface area contributed by atoms with E-state index in [1.165, 1.54) is 0 Å². The number of piperazine rings is 1. The highest BCUT2D eigenvalue weighted by Crippen LogP contribution is 2.20. The second-order valence-corrected chi connectivity index (χ2v) is 7.27. The minimum atomic E-state index is 0.0366. The van der Waals surface area contributed by atoms with Gasteiger partial charge in [-0.25, -0.2) is 0 Å². The Labute approximate surface area is 151 Å². The Morgan fingerprint density at radius 2 is 1.62 bits per heavy atom. The van der Waals surface area contributed by atoms with Gasteiger partial charge in [0, 0.05) is 39.2 Å². The largest absolute Gasteiger partial charge is 0.375 e. The van der Waals surface area contributed by atoms with E-state index in [0.717, 1.165) is 45.1 Å². The van der Waals surface area contributed by atoms with E-state index < -0.39 is 0 Å². The minimum absolute atomic E-state index is 0.0366. The fourth-order valence-electron chi connectivity index (χ4n) is 1.86. The summed E-state index contributed by atoms with van der Waals surface area (Å²) in [5.41, 5.74) is 0.0366. The van der Waals surface area contributed by atoms with Crippen LogP contribution in [-0.4, -0.2) is 49.2 Å². The molecule has 1 rings (SSSR count). The third-order valence-corrected chi connectivity index (χ3v) is 4.33. The third-order valence-electron chi connectivity index (χ3n) is 4.33. The first-order chi connectivity index (χ1) is 11.2. The van der Waals surface area contributed by atoms with Crippen LogP contribution in [0, 0.1) is 11.8 Å². The van der Waals surface area contributed by atoms with Crippen molar-refractivity contribution in [1.82, 2.24) is 10.2 Å². The molecule has 146 valence electrons. The van der Waals surface area contributed by atoms with Crippen molar-refractivity contribution in [3.8, 4) is 0 Å². The molecule has 1 aliphatic heterocycles. The summed E-state index contributed by atoms with van der Waals surface area (Å²) in [6.45, 7) is 23.7. The number of hydrogen-bond donors (Lipinski definition) is 1. The van der Waals surface area contributed by atoms with E-state index in [4.69, 9.17) is 4.74 Å². The van der Waals surface area contributed by atoms with Gasteiger partial charge in [-0.15, -0.1) is 0 Å². The van der Waals surface area contributed by atoms with Crippen molar-refractivity contribution in [1.29, 1.82) is 0 Å². The summed E-state index contributed by atoms with van der Waals surface area (Å²) in [6, 6.07) is 0. The van der Waals surface area contributed by atoms with Crippen LogP contribution >= 0.6 is 0 Å².